The van der Waals surface area contributed by atoms with Gasteiger partial charge in [-0.25, -0.2) is 0 Å². The SMILES string of the molecule is CN(CCCN1CCCC1)CCc1ccc(Cl)c(Cl)c1. The summed E-state index contributed by atoms with van der Waals surface area (Å²) in [6.07, 6.45) is 5.05. The highest BCUT2D eigenvalue weighted by molar-refractivity contribution is 6.42. The molecule has 1 aromatic carbocycles. The van der Waals surface area contributed by atoms with Crippen molar-refractivity contribution < 1.29 is 0 Å². The average molecular weight is 315 g/mol. The Labute approximate surface area is 132 Å². The molecule has 1 aliphatic rings. The predicted molar refractivity (Wildman–Crippen MR) is 88.0 cm³/mol. The third-order valence-corrected chi connectivity index (χ3v) is 4.72. The fourth-order valence-electron chi connectivity index (χ4n) is 2.70. The Morgan fingerprint density at radius 3 is 2.55 bits per heavy atom. The lowest BCUT2D eigenvalue weighted by Gasteiger charge is -2.19. The van der Waals surface area contributed by atoms with Crippen molar-refractivity contribution in [2.24, 2.45) is 0 Å². The highest BCUT2D eigenvalue weighted by atomic mass is 35.5. The maximum absolute atomic E-state index is 6.03. The fourth-order valence-corrected chi connectivity index (χ4v) is 3.02. The van der Waals surface area contributed by atoms with E-state index in [1.807, 2.05) is 12.1 Å². The van der Waals surface area contributed by atoms with Gasteiger partial charge in [0, 0.05) is 6.54 Å². The number of halogens is 2. The molecule has 1 aliphatic heterocycles. The third-order valence-electron chi connectivity index (χ3n) is 3.98. The van der Waals surface area contributed by atoms with Crippen LogP contribution >= 0.6 is 23.2 Å². The molecule has 0 aromatic heterocycles. The zero-order valence-electron chi connectivity index (χ0n) is 12.2. The molecule has 1 saturated heterocycles. The first kappa shape index (κ1) is 16.1. The predicted octanol–water partition coefficient (Wildman–Crippen LogP) is 3.95. The van der Waals surface area contributed by atoms with Crippen LogP contribution in [0.15, 0.2) is 18.2 Å². The molecule has 2 rings (SSSR count). The van der Waals surface area contributed by atoms with Crippen molar-refractivity contribution in [2.45, 2.75) is 25.7 Å². The van der Waals surface area contributed by atoms with Crippen LogP contribution in [-0.2, 0) is 6.42 Å². The number of hydrogen-bond donors (Lipinski definition) is 0. The Kier molecular flexibility index (Phi) is 6.63. The van der Waals surface area contributed by atoms with Gasteiger partial charge in [-0.2, -0.15) is 0 Å². The van der Waals surface area contributed by atoms with E-state index in [0.717, 1.165) is 19.5 Å². The van der Waals surface area contributed by atoms with Crippen molar-refractivity contribution in [1.29, 1.82) is 0 Å². The van der Waals surface area contributed by atoms with Crippen molar-refractivity contribution in [3.8, 4) is 0 Å². The van der Waals surface area contributed by atoms with Crippen molar-refractivity contribution in [3.63, 3.8) is 0 Å². The quantitative estimate of drug-likeness (QED) is 0.751. The number of benzene rings is 1. The monoisotopic (exact) mass is 314 g/mol. The number of likely N-dealkylation sites (tertiary alicyclic amines) is 1. The van der Waals surface area contributed by atoms with E-state index in [9.17, 15) is 0 Å². The van der Waals surface area contributed by atoms with Gasteiger partial charge >= 0.3 is 0 Å². The summed E-state index contributed by atoms with van der Waals surface area (Å²) in [5.74, 6) is 0. The zero-order chi connectivity index (χ0) is 14.4. The molecule has 1 aromatic rings. The van der Waals surface area contributed by atoms with Gasteiger partial charge in [-0.15, -0.1) is 0 Å². The van der Waals surface area contributed by atoms with Crippen LogP contribution in [0, 0.1) is 0 Å². The molecule has 0 saturated carbocycles. The number of nitrogens with zero attached hydrogens (tertiary/aromatic N) is 2. The average Bonchev–Trinajstić information content (AvgIpc) is 2.93. The summed E-state index contributed by atoms with van der Waals surface area (Å²) in [5, 5.41) is 1.29. The molecule has 2 nitrogen and oxygen atoms in total. The molecule has 1 heterocycles. The van der Waals surface area contributed by atoms with Crippen molar-refractivity contribution in [1.82, 2.24) is 9.80 Å². The maximum atomic E-state index is 6.03. The normalized spacial score (nSPS) is 16.2. The van der Waals surface area contributed by atoms with Crippen LogP contribution in [0.5, 0.6) is 0 Å². The molecule has 20 heavy (non-hydrogen) atoms. The molecule has 0 amide bonds. The van der Waals surface area contributed by atoms with Gasteiger partial charge in [0.15, 0.2) is 0 Å². The minimum absolute atomic E-state index is 0.634. The summed E-state index contributed by atoms with van der Waals surface area (Å²) in [5.41, 5.74) is 1.26. The molecule has 0 N–H and O–H groups in total. The van der Waals surface area contributed by atoms with Gasteiger partial charge in [-0.3, -0.25) is 0 Å². The van der Waals surface area contributed by atoms with E-state index in [0.29, 0.717) is 10.0 Å². The topological polar surface area (TPSA) is 6.48 Å². The molecule has 0 unspecified atom stereocenters. The van der Waals surface area contributed by atoms with Crippen molar-refractivity contribution >= 4 is 23.2 Å². The van der Waals surface area contributed by atoms with E-state index in [1.54, 1.807) is 0 Å². The largest absolute Gasteiger partial charge is 0.306 e. The molecule has 112 valence electrons. The van der Waals surface area contributed by atoms with Crippen LogP contribution in [0.2, 0.25) is 10.0 Å². The van der Waals surface area contributed by atoms with E-state index in [2.05, 4.69) is 22.9 Å². The van der Waals surface area contributed by atoms with E-state index in [1.165, 1.54) is 44.5 Å². The molecular formula is C16H24Cl2N2. The Morgan fingerprint density at radius 1 is 1.10 bits per heavy atom. The highest BCUT2D eigenvalue weighted by Gasteiger charge is 2.10. The van der Waals surface area contributed by atoms with Gasteiger partial charge in [0.05, 0.1) is 10.0 Å². The summed E-state index contributed by atoms with van der Waals surface area (Å²) in [4.78, 5) is 4.98. The first-order valence-electron chi connectivity index (χ1n) is 7.50. The van der Waals surface area contributed by atoms with Crippen LogP contribution in [0.4, 0.5) is 0 Å². The Morgan fingerprint density at radius 2 is 1.85 bits per heavy atom. The third kappa shape index (κ3) is 5.25. The van der Waals surface area contributed by atoms with Crippen LogP contribution in [0.3, 0.4) is 0 Å². The highest BCUT2D eigenvalue weighted by Crippen LogP contribution is 2.22. The second-order valence-corrected chi connectivity index (χ2v) is 6.52. The summed E-state index contributed by atoms with van der Waals surface area (Å²) < 4.78 is 0. The van der Waals surface area contributed by atoms with Crippen LogP contribution in [-0.4, -0.2) is 49.6 Å². The van der Waals surface area contributed by atoms with Gasteiger partial charge < -0.3 is 9.80 Å². The summed E-state index contributed by atoms with van der Waals surface area (Å²) in [6, 6.07) is 5.92. The van der Waals surface area contributed by atoms with E-state index in [-0.39, 0.29) is 0 Å². The van der Waals surface area contributed by atoms with Gasteiger partial charge in [0.2, 0.25) is 0 Å². The number of likely N-dealkylation sites (N-methyl/N-ethyl adjacent to an activating group) is 1. The smallest absolute Gasteiger partial charge is 0.0595 e. The molecule has 0 spiro atoms. The summed E-state index contributed by atoms with van der Waals surface area (Å²) in [7, 11) is 2.20. The molecule has 0 atom stereocenters. The van der Waals surface area contributed by atoms with Crippen LogP contribution in [0.25, 0.3) is 0 Å². The van der Waals surface area contributed by atoms with Crippen LogP contribution in [0.1, 0.15) is 24.8 Å². The lowest BCUT2D eigenvalue weighted by Crippen LogP contribution is -2.27. The molecule has 1 fully saturated rings. The minimum atomic E-state index is 0.634. The lowest BCUT2D eigenvalue weighted by atomic mass is 10.1. The van der Waals surface area contributed by atoms with Crippen molar-refractivity contribution in [3.05, 3.63) is 33.8 Å². The number of hydrogen-bond acceptors (Lipinski definition) is 2. The van der Waals surface area contributed by atoms with Gasteiger partial charge in [0.25, 0.3) is 0 Å². The number of rotatable bonds is 7. The minimum Gasteiger partial charge on any atom is -0.306 e. The molecule has 0 radical (unpaired) electrons. The molecule has 0 bridgehead atoms. The van der Waals surface area contributed by atoms with Gasteiger partial charge in [0.1, 0.15) is 0 Å². The molecular weight excluding hydrogens is 291 g/mol. The Balaban J connectivity index is 1.63. The van der Waals surface area contributed by atoms with E-state index in [4.69, 9.17) is 23.2 Å². The summed E-state index contributed by atoms with van der Waals surface area (Å²) >= 11 is 12.0. The Hall–Kier alpha value is -0.280. The summed E-state index contributed by atoms with van der Waals surface area (Å²) in [6.45, 7) is 6.08. The zero-order valence-corrected chi connectivity index (χ0v) is 13.8. The first-order chi connectivity index (χ1) is 9.65. The lowest BCUT2D eigenvalue weighted by molar-refractivity contribution is 0.281. The van der Waals surface area contributed by atoms with E-state index >= 15 is 0 Å². The molecule has 4 heteroatoms. The fraction of sp³-hybridized carbons (Fsp3) is 0.625. The van der Waals surface area contributed by atoms with Gasteiger partial charge in [-0.1, -0.05) is 29.3 Å². The van der Waals surface area contributed by atoms with Gasteiger partial charge in [-0.05, 0) is 76.6 Å². The second kappa shape index (κ2) is 8.23. The van der Waals surface area contributed by atoms with Crippen LogP contribution < -0.4 is 0 Å². The molecule has 0 aliphatic carbocycles. The van der Waals surface area contributed by atoms with Crippen molar-refractivity contribution in [2.75, 3.05) is 39.8 Å². The second-order valence-electron chi connectivity index (χ2n) is 5.70. The Bertz CT molecular complexity index is 417. The maximum Gasteiger partial charge on any atom is 0.0595 e. The van der Waals surface area contributed by atoms with E-state index < -0.39 is 0 Å². The standard InChI is InChI=1S/C16H24Cl2N2/c1-19(8-4-11-20-9-2-3-10-20)12-7-14-5-6-15(17)16(18)13-14/h5-6,13H,2-4,7-12H2,1H3. The first-order valence-corrected chi connectivity index (χ1v) is 8.25.